The number of anilines is 2. The number of β-amino-alcohol motifs (C(OH)–C–C–N with tert-alkyl or cyclic N) is 1. The molecule has 0 amide bonds. The van der Waals surface area contributed by atoms with Gasteiger partial charge in [0.15, 0.2) is 0 Å². The van der Waals surface area contributed by atoms with Crippen LogP contribution in [0.3, 0.4) is 0 Å². The number of benzene rings is 3. The molecule has 3 heterocycles. The second kappa shape index (κ2) is 11.4. The molecule has 0 unspecified atom stereocenters. The Labute approximate surface area is 245 Å². The van der Waals surface area contributed by atoms with Crippen LogP contribution in [0.2, 0.25) is 5.02 Å². The molecule has 2 fully saturated rings. The first-order chi connectivity index (χ1) is 20.2. The van der Waals surface area contributed by atoms with Gasteiger partial charge in [0.1, 0.15) is 17.2 Å². The predicted octanol–water partition coefficient (Wildman–Crippen LogP) is 4.51. The zero-order valence-electron chi connectivity index (χ0n) is 22.6. The van der Waals surface area contributed by atoms with Gasteiger partial charge in [-0.2, -0.15) is 0 Å². The van der Waals surface area contributed by atoms with Gasteiger partial charge in [-0.15, -0.1) is 0 Å². The molecular formula is C31H29ClF2N4O4. The summed E-state index contributed by atoms with van der Waals surface area (Å²) in [6, 6.07) is 14.7. The number of aromatic carboxylic acids is 1. The number of nitrogens with zero attached hydrogens (tertiary/aromatic N) is 4. The van der Waals surface area contributed by atoms with Gasteiger partial charge in [0, 0.05) is 63.4 Å². The maximum atomic E-state index is 15.7. The minimum absolute atomic E-state index is 0.0180. The SMILES string of the molecule is O=C(O)c1cn(-c2ccc(CN3CC[C@@H](O)C3)cc2)c2c(Cl)c(N3CCN(c4ccc(F)cc4)CC3)c(F)cc2c1=O. The van der Waals surface area contributed by atoms with Gasteiger partial charge in [-0.25, -0.2) is 13.6 Å². The van der Waals surface area contributed by atoms with E-state index >= 15 is 4.39 Å². The molecule has 1 atom stereocenters. The molecule has 0 radical (unpaired) electrons. The van der Waals surface area contributed by atoms with E-state index in [0.717, 1.165) is 30.3 Å². The molecule has 2 aliphatic heterocycles. The molecule has 2 saturated heterocycles. The molecule has 11 heteroatoms. The van der Waals surface area contributed by atoms with E-state index in [0.29, 0.717) is 45.0 Å². The van der Waals surface area contributed by atoms with Crippen LogP contribution in [0.1, 0.15) is 22.3 Å². The van der Waals surface area contributed by atoms with Crippen LogP contribution in [0.25, 0.3) is 16.6 Å². The zero-order valence-corrected chi connectivity index (χ0v) is 23.4. The predicted molar refractivity (Wildman–Crippen MR) is 158 cm³/mol. The van der Waals surface area contributed by atoms with Crippen LogP contribution in [0.15, 0.2) is 65.6 Å². The number of halogens is 3. The average molecular weight is 595 g/mol. The van der Waals surface area contributed by atoms with Gasteiger partial charge in [-0.1, -0.05) is 23.7 Å². The molecule has 2 aliphatic rings. The van der Waals surface area contributed by atoms with Gasteiger partial charge in [0.25, 0.3) is 0 Å². The van der Waals surface area contributed by atoms with Crippen molar-refractivity contribution in [3.63, 3.8) is 0 Å². The van der Waals surface area contributed by atoms with Crippen molar-refractivity contribution in [1.82, 2.24) is 9.47 Å². The van der Waals surface area contributed by atoms with Gasteiger partial charge < -0.3 is 24.6 Å². The topological polar surface area (TPSA) is 89.2 Å². The molecule has 218 valence electrons. The average Bonchev–Trinajstić information content (AvgIpc) is 3.39. The number of aromatic nitrogens is 1. The van der Waals surface area contributed by atoms with E-state index in [-0.39, 0.29) is 33.5 Å². The summed E-state index contributed by atoms with van der Waals surface area (Å²) < 4.78 is 30.6. The number of pyridine rings is 1. The van der Waals surface area contributed by atoms with Crippen molar-refractivity contribution in [1.29, 1.82) is 0 Å². The number of carboxylic acid groups (broad SMARTS) is 1. The van der Waals surface area contributed by atoms with Gasteiger partial charge >= 0.3 is 5.97 Å². The van der Waals surface area contributed by atoms with E-state index < -0.39 is 22.8 Å². The fourth-order valence-corrected chi connectivity index (χ4v) is 6.27. The molecule has 0 saturated carbocycles. The highest BCUT2D eigenvalue weighted by atomic mass is 35.5. The molecular weight excluding hydrogens is 566 g/mol. The number of hydrogen-bond donors (Lipinski definition) is 2. The lowest BCUT2D eigenvalue weighted by molar-refractivity contribution is 0.0695. The van der Waals surface area contributed by atoms with Gasteiger partial charge in [-0.05, 0) is 54.4 Å². The summed E-state index contributed by atoms with van der Waals surface area (Å²) in [7, 11) is 0. The monoisotopic (exact) mass is 594 g/mol. The van der Waals surface area contributed by atoms with Gasteiger partial charge in [0.05, 0.1) is 27.7 Å². The number of hydrogen-bond acceptors (Lipinski definition) is 6. The number of likely N-dealkylation sites (tertiary alicyclic amines) is 1. The van der Waals surface area contributed by atoms with E-state index in [4.69, 9.17) is 11.6 Å². The summed E-state index contributed by atoms with van der Waals surface area (Å²) in [5.74, 6) is -2.45. The van der Waals surface area contributed by atoms with Crippen LogP contribution in [-0.4, -0.2) is 71.0 Å². The molecule has 2 N–H and O–H groups in total. The number of carboxylic acids is 1. The van der Waals surface area contributed by atoms with Crippen molar-refractivity contribution < 1.29 is 23.8 Å². The Bertz CT molecular complexity index is 1700. The van der Waals surface area contributed by atoms with Crippen molar-refractivity contribution in [3.05, 3.63) is 98.8 Å². The van der Waals surface area contributed by atoms with Crippen LogP contribution >= 0.6 is 11.6 Å². The summed E-state index contributed by atoms with van der Waals surface area (Å²) in [4.78, 5) is 31.2. The highest BCUT2D eigenvalue weighted by Crippen LogP contribution is 2.37. The Morgan fingerprint density at radius 2 is 1.57 bits per heavy atom. The highest BCUT2D eigenvalue weighted by molar-refractivity contribution is 6.38. The van der Waals surface area contributed by atoms with E-state index in [2.05, 4.69) is 9.80 Å². The molecule has 0 bridgehead atoms. The molecule has 42 heavy (non-hydrogen) atoms. The maximum absolute atomic E-state index is 15.7. The molecule has 3 aromatic carbocycles. The fourth-order valence-electron chi connectivity index (χ4n) is 5.87. The summed E-state index contributed by atoms with van der Waals surface area (Å²) in [6.45, 7) is 4.00. The number of fused-ring (bicyclic) bond motifs is 1. The zero-order chi connectivity index (χ0) is 29.5. The van der Waals surface area contributed by atoms with E-state index in [1.54, 1.807) is 24.3 Å². The summed E-state index contributed by atoms with van der Waals surface area (Å²) >= 11 is 6.89. The molecule has 6 rings (SSSR count). The summed E-state index contributed by atoms with van der Waals surface area (Å²) in [6.07, 6.45) is 1.64. The highest BCUT2D eigenvalue weighted by Gasteiger charge is 2.27. The first kappa shape index (κ1) is 28.1. The van der Waals surface area contributed by atoms with Gasteiger partial charge in [0.2, 0.25) is 5.43 Å². The fraction of sp³-hybridized carbons (Fsp3) is 0.290. The minimum atomic E-state index is -1.42. The first-order valence-electron chi connectivity index (χ1n) is 13.8. The van der Waals surface area contributed by atoms with Gasteiger partial charge in [-0.3, -0.25) is 9.69 Å². The smallest absolute Gasteiger partial charge is 0.341 e. The van der Waals surface area contributed by atoms with Crippen molar-refractivity contribution >= 4 is 39.8 Å². The minimum Gasteiger partial charge on any atom is -0.477 e. The quantitative estimate of drug-likeness (QED) is 0.339. The third kappa shape index (κ3) is 5.33. The molecule has 1 aromatic heterocycles. The lowest BCUT2D eigenvalue weighted by Crippen LogP contribution is -2.47. The number of carbonyl (C=O) groups is 1. The molecule has 4 aromatic rings. The number of piperazine rings is 1. The van der Waals surface area contributed by atoms with Crippen LogP contribution < -0.4 is 15.2 Å². The second-order valence-corrected chi connectivity index (χ2v) is 11.1. The molecule has 8 nitrogen and oxygen atoms in total. The van der Waals surface area contributed by atoms with Crippen molar-refractivity contribution in [3.8, 4) is 5.69 Å². The Morgan fingerprint density at radius 3 is 2.19 bits per heavy atom. The first-order valence-corrected chi connectivity index (χ1v) is 14.1. The number of aliphatic hydroxyl groups excluding tert-OH is 1. The molecule has 0 spiro atoms. The normalized spacial score (nSPS) is 17.8. The number of rotatable bonds is 6. The lowest BCUT2D eigenvalue weighted by Gasteiger charge is -2.38. The maximum Gasteiger partial charge on any atom is 0.341 e. The molecule has 0 aliphatic carbocycles. The van der Waals surface area contributed by atoms with Crippen LogP contribution in [0.5, 0.6) is 0 Å². The second-order valence-electron chi connectivity index (χ2n) is 10.8. The largest absolute Gasteiger partial charge is 0.477 e. The van der Waals surface area contributed by atoms with E-state index in [9.17, 15) is 24.2 Å². The van der Waals surface area contributed by atoms with Crippen molar-refractivity contribution in [2.24, 2.45) is 0 Å². The van der Waals surface area contributed by atoms with Crippen molar-refractivity contribution in [2.45, 2.75) is 19.1 Å². The number of aliphatic hydroxyl groups is 1. The van der Waals surface area contributed by atoms with Crippen LogP contribution in [0, 0.1) is 11.6 Å². The standard InChI is InChI=1S/C31H29ClF2N4O4/c32-27-28-24(15-26(34)29(27)37-13-11-36(12-14-37)21-7-3-20(33)4-8-21)30(40)25(31(41)42)18-38(28)22-5-1-19(2-6-22)16-35-10-9-23(39)17-35/h1-8,15,18,23,39H,9-14,16-17H2,(H,41,42)/t23-/m1/s1. The van der Waals surface area contributed by atoms with E-state index in [1.807, 2.05) is 17.0 Å². The Balaban J connectivity index is 1.37. The lowest BCUT2D eigenvalue weighted by atomic mass is 10.1. The summed E-state index contributed by atoms with van der Waals surface area (Å²) in [5, 5.41) is 19.5. The summed E-state index contributed by atoms with van der Waals surface area (Å²) in [5.41, 5.74) is 1.49. The third-order valence-electron chi connectivity index (χ3n) is 8.04. The third-order valence-corrected chi connectivity index (χ3v) is 8.40. The Kier molecular flexibility index (Phi) is 7.61. The Morgan fingerprint density at radius 1 is 0.929 bits per heavy atom. The Hall–Kier alpha value is -3.99. The van der Waals surface area contributed by atoms with Crippen molar-refractivity contribution in [2.75, 3.05) is 49.1 Å². The van der Waals surface area contributed by atoms with E-state index in [1.165, 1.54) is 22.9 Å². The van der Waals surface area contributed by atoms with Crippen LogP contribution in [-0.2, 0) is 6.54 Å². The van der Waals surface area contributed by atoms with Crippen LogP contribution in [0.4, 0.5) is 20.2 Å².